The number of para-hydroxylation sites is 1. The lowest BCUT2D eigenvalue weighted by Gasteiger charge is -2.18. The van der Waals surface area contributed by atoms with E-state index in [4.69, 9.17) is 5.73 Å². The number of H-pyrrole nitrogens is 1. The van der Waals surface area contributed by atoms with Gasteiger partial charge in [0.2, 0.25) is 0 Å². The number of aromatic amines is 1. The van der Waals surface area contributed by atoms with Crippen LogP contribution >= 0.6 is 0 Å². The fraction of sp³-hybridized carbons (Fsp3) is 0.267. The summed E-state index contributed by atoms with van der Waals surface area (Å²) in [6.45, 7) is 5.26. The van der Waals surface area contributed by atoms with Crippen molar-refractivity contribution in [2.75, 3.05) is 11.9 Å². The Labute approximate surface area is 126 Å². The molecule has 2 aromatic rings. The highest BCUT2D eigenvalue weighted by Gasteiger charge is 2.23. The minimum Gasteiger partial charge on any atom is -0.378 e. The number of carbonyl (C=O) groups excluding carboxylic acids is 1. The molecule has 1 aromatic carbocycles. The van der Waals surface area contributed by atoms with Crippen LogP contribution in [0.5, 0.6) is 0 Å². The van der Waals surface area contributed by atoms with Crippen LogP contribution in [-0.4, -0.2) is 23.4 Å². The van der Waals surface area contributed by atoms with Crippen LogP contribution in [0, 0.1) is 0 Å². The highest BCUT2D eigenvalue weighted by atomic mass is 19.4. The van der Waals surface area contributed by atoms with Crippen LogP contribution in [0.15, 0.2) is 36.5 Å². The zero-order chi connectivity index (χ0) is 16.3. The predicted octanol–water partition coefficient (Wildman–Crippen LogP) is 2.31. The fourth-order valence-corrected chi connectivity index (χ4v) is 2.34. The summed E-state index contributed by atoms with van der Waals surface area (Å²) >= 11 is 0. The number of Topliss-reactive ketones (excluding diaryl/α,β-unsaturated/α-hetero) is 1. The van der Waals surface area contributed by atoms with Gasteiger partial charge in [0.25, 0.3) is 0 Å². The molecule has 1 atom stereocenters. The first-order valence-corrected chi connectivity index (χ1v) is 6.80. The van der Waals surface area contributed by atoms with Crippen molar-refractivity contribution in [3.8, 4) is 0 Å². The number of ketones is 1. The van der Waals surface area contributed by atoms with Crippen LogP contribution in [0.1, 0.15) is 12.5 Å². The normalized spacial score (nSPS) is 12.2. The van der Waals surface area contributed by atoms with Gasteiger partial charge >= 0.3 is 0 Å². The molecule has 0 radical (unpaired) electrons. The highest BCUT2D eigenvalue weighted by molar-refractivity contribution is 5.90. The highest BCUT2D eigenvalue weighted by Crippen LogP contribution is 2.30. The Kier molecular flexibility index (Phi) is 4.77. The molecule has 5 nitrogen and oxygen atoms in total. The molecule has 0 spiro atoms. The smallest absolute Gasteiger partial charge is 0.176 e. The lowest BCUT2D eigenvalue weighted by molar-refractivity contribution is -0.118. The zero-order valence-electron chi connectivity index (χ0n) is 12.2. The van der Waals surface area contributed by atoms with Gasteiger partial charge in [0.05, 0.1) is 6.04 Å². The van der Waals surface area contributed by atoms with Crippen LogP contribution in [0.4, 0.5) is 14.8 Å². The lowest BCUT2D eigenvalue weighted by Crippen LogP contribution is -2.38. The number of anilines is 1. The molecule has 0 aliphatic heterocycles. The Balaban J connectivity index is 2.41. The van der Waals surface area contributed by atoms with E-state index in [9.17, 15) is 13.8 Å². The van der Waals surface area contributed by atoms with Gasteiger partial charge in [-0.05, 0) is 18.3 Å². The summed E-state index contributed by atoms with van der Waals surface area (Å²) in [7, 11) is 0. The second-order valence-corrected chi connectivity index (χ2v) is 5.05. The van der Waals surface area contributed by atoms with Crippen molar-refractivity contribution in [1.82, 2.24) is 10.3 Å². The van der Waals surface area contributed by atoms with Crippen molar-refractivity contribution in [2.24, 2.45) is 5.73 Å². The molecular formula is C15H18F2N4O. The Hall–Kier alpha value is -2.41. The third-order valence-corrected chi connectivity index (χ3v) is 3.48. The van der Waals surface area contributed by atoms with Crippen molar-refractivity contribution < 1.29 is 13.8 Å². The summed E-state index contributed by atoms with van der Waals surface area (Å²) in [5, 5.41) is 2.58. The van der Waals surface area contributed by atoms with E-state index in [0.29, 0.717) is 22.2 Å². The van der Waals surface area contributed by atoms with Crippen LogP contribution in [0.25, 0.3) is 10.9 Å². The van der Waals surface area contributed by atoms with Gasteiger partial charge in [-0.15, -0.1) is 0 Å². The molecule has 0 fully saturated rings. The SMILES string of the molecule is C=C(CN)NC(Cc1c(N(F)F)[nH]c2ccccc12)C(C)=O. The van der Waals surface area contributed by atoms with Gasteiger partial charge in [-0.2, -0.15) is 0 Å². The molecule has 4 N–H and O–H groups in total. The molecule has 22 heavy (non-hydrogen) atoms. The van der Waals surface area contributed by atoms with Crippen LogP contribution < -0.4 is 16.4 Å². The minimum absolute atomic E-state index is 0.109. The van der Waals surface area contributed by atoms with Gasteiger partial charge in [0.1, 0.15) is 0 Å². The maximum atomic E-state index is 13.1. The molecule has 0 aliphatic rings. The molecule has 1 unspecified atom stereocenters. The average molecular weight is 308 g/mol. The summed E-state index contributed by atoms with van der Waals surface area (Å²) in [5.41, 5.74) is 6.90. The summed E-state index contributed by atoms with van der Waals surface area (Å²) in [6.07, 6.45) is 0.109. The van der Waals surface area contributed by atoms with Crippen LogP contribution in [0.2, 0.25) is 0 Å². The first-order chi connectivity index (χ1) is 10.4. The van der Waals surface area contributed by atoms with Crippen LogP contribution in [0.3, 0.4) is 0 Å². The van der Waals surface area contributed by atoms with Crippen molar-refractivity contribution in [1.29, 1.82) is 0 Å². The second-order valence-electron chi connectivity index (χ2n) is 5.05. The van der Waals surface area contributed by atoms with Crippen LogP contribution in [-0.2, 0) is 11.2 Å². The van der Waals surface area contributed by atoms with Crippen molar-refractivity contribution in [3.05, 3.63) is 42.1 Å². The summed E-state index contributed by atoms with van der Waals surface area (Å²) < 4.78 is 26.2. The van der Waals surface area contributed by atoms with Crippen molar-refractivity contribution in [2.45, 2.75) is 19.4 Å². The monoisotopic (exact) mass is 308 g/mol. The first kappa shape index (κ1) is 16.0. The maximum absolute atomic E-state index is 13.1. The maximum Gasteiger partial charge on any atom is 0.176 e. The standard InChI is InChI=1S/C15H18F2N4O/c1-9(8-18)19-14(10(2)22)7-12-11-5-3-4-6-13(11)20-15(12)21(16)17/h3-6,14,19-20H,1,7-8,18H2,2H3. The number of nitrogens with zero attached hydrogens (tertiary/aromatic N) is 1. The number of nitrogens with two attached hydrogens (primary N) is 1. The number of hydrogen-bond donors (Lipinski definition) is 3. The molecular weight excluding hydrogens is 290 g/mol. The van der Waals surface area contributed by atoms with E-state index in [1.54, 1.807) is 24.3 Å². The van der Waals surface area contributed by atoms with E-state index in [1.165, 1.54) is 6.92 Å². The second kappa shape index (κ2) is 6.57. The molecule has 0 bridgehead atoms. The fourth-order valence-electron chi connectivity index (χ4n) is 2.34. The molecule has 1 heterocycles. The van der Waals surface area contributed by atoms with Gasteiger partial charge < -0.3 is 16.0 Å². The number of nitrogens with one attached hydrogen (secondary N) is 2. The van der Waals surface area contributed by atoms with E-state index < -0.39 is 11.4 Å². The largest absolute Gasteiger partial charge is 0.378 e. The molecule has 0 saturated heterocycles. The molecule has 0 amide bonds. The number of fused-ring (bicyclic) bond motifs is 1. The van der Waals surface area contributed by atoms with E-state index >= 15 is 0 Å². The number of hydrogen-bond acceptors (Lipinski definition) is 4. The van der Waals surface area contributed by atoms with Crippen molar-refractivity contribution >= 4 is 22.5 Å². The van der Waals surface area contributed by atoms with Gasteiger partial charge in [-0.25, -0.2) is 0 Å². The quantitative estimate of drug-likeness (QED) is 0.686. The number of benzene rings is 1. The molecule has 1 aromatic heterocycles. The Morgan fingerprint density at radius 3 is 2.73 bits per heavy atom. The zero-order valence-corrected chi connectivity index (χ0v) is 12.2. The van der Waals surface area contributed by atoms with E-state index in [1.807, 2.05) is 0 Å². The number of halogens is 2. The molecule has 7 heteroatoms. The molecule has 118 valence electrons. The van der Waals surface area contributed by atoms with E-state index in [2.05, 4.69) is 16.9 Å². The Morgan fingerprint density at radius 2 is 2.14 bits per heavy atom. The van der Waals surface area contributed by atoms with Gasteiger partial charge in [-0.1, -0.05) is 33.7 Å². The number of aromatic nitrogens is 1. The number of rotatable bonds is 7. The lowest BCUT2D eigenvalue weighted by atomic mass is 10.0. The summed E-state index contributed by atoms with van der Waals surface area (Å²) in [5.74, 6) is -0.484. The van der Waals surface area contributed by atoms with E-state index in [0.717, 1.165) is 0 Å². The molecule has 0 aliphatic carbocycles. The molecule has 0 saturated carbocycles. The topological polar surface area (TPSA) is 74.2 Å². The van der Waals surface area contributed by atoms with Gasteiger partial charge in [0, 0.05) is 35.1 Å². The number of carbonyl (C=O) groups is 1. The Bertz CT molecular complexity index is 696. The van der Waals surface area contributed by atoms with Gasteiger partial charge in [0.15, 0.2) is 11.6 Å². The predicted molar refractivity (Wildman–Crippen MR) is 82.5 cm³/mol. The van der Waals surface area contributed by atoms with Gasteiger partial charge in [-0.3, -0.25) is 4.79 Å². The third kappa shape index (κ3) is 3.25. The molecule has 2 rings (SSSR count). The van der Waals surface area contributed by atoms with Crippen molar-refractivity contribution in [3.63, 3.8) is 0 Å². The minimum atomic E-state index is -0.968. The van der Waals surface area contributed by atoms with E-state index in [-0.39, 0.29) is 24.6 Å². The summed E-state index contributed by atoms with van der Waals surface area (Å²) in [6, 6.07) is 6.31. The third-order valence-electron chi connectivity index (χ3n) is 3.48. The summed E-state index contributed by atoms with van der Waals surface area (Å²) in [4.78, 5) is 14.4. The first-order valence-electron chi connectivity index (χ1n) is 6.80. The average Bonchev–Trinajstić information content (AvgIpc) is 2.85. The Morgan fingerprint density at radius 1 is 1.45 bits per heavy atom.